The summed E-state index contributed by atoms with van der Waals surface area (Å²) in [5.74, 6) is -2.23. The van der Waals surface area contributed by atoms with Crippen molar-refractivity contribution in [1.29, 1.82) is 0 Å². The summed E-state index contributed by atoms with van der Waals surface area (Å²) in [7, 11) is 0. The largest absolute Gasteiger partial charge is 0.477 e. The van der Waals surface area contributed by atoms with Gasteiger partial charge in [-0.3, -0.25) is 0 Å². The van der Waals surface area contributed by atoms with E-state index in [1.54, 1.807) is 18.2 Å². The van der Waals surface area contributed by atoms with Gasteiger partial charge < -0.3 is 9.84 Å². The van der Waals surface area contributed by atoms with Gasteiger partial charge in [-0.25, -0.2) is 9.59 Å². The van der Waals surface area contributed by atoms with Crippen LogP contribution in [-0.2, 0) is 9.53 Å². The lowest BCUT2D eigenvalue weighted by Crippen LogP contribution is -2.32. The molecule has 0 saturated carbocycles. The number of carbonyl (C=O) groups excluding carboxylic acids is 1. The maximum Gasteiger partial charge on any atom is 0.369 e. The Bertz CT molecular complexity index is 375. The Hall–Kier alpha value is -1.14. The average Bonchev–Trinajstić information content (AvgIpc) is 2.18. The summed E-state index contributed by atoms with van der Waals surface area (Å²) in [5, 5.41) is 8.61. The van der Waals surface area contributed by atoms with Crippen LogP contribution in [0, 0.1) is 0 Å². The SMILES string of the molecule is O=C(OC(S)(S)C(=O)O)c1ccccc1. The van der Waals surface area contributed by atoms with Crippen molar-refractivity contribution < 1.29 is 19.4 Å². The minimum Gasteiger partial charge on any atom is -0.477 e. The summed E-state index contributed by atoms with van der Waals surface area (Å²) in [6.07, 6.45) is 0. The van der Waals surface area contributed by atoms with Crippen LogP contribution in [0.2, 0.25) is 0 Å². The molecular formula is C9H8O4S2. The second kappa shape index (κ2) is 4.59. The molecular weight excluding hydrogens is 236 g/mol. The molecule has 0 spiro atoms. The summed E-state index contributed by atoms with van der Waals surface area (Å²) in [4.78, 5) is 21.9. The molecule has 0 atom stereocenters. The summed E-state index contributed by atoms with van der Waals surface area (Å²) in [6.45, 7) is 0. The molecule has 0 aliphatic heterocycles. The van der Waals surface area contributed by atoms with Gasteiger partial charge in [0.2, 0.25) is 0 Å². The number of hydrogen-bond acceptors (Lipinski definition) is 5. The number of hydrogen-bond donors (Lipinski definition) is 3. The number of benzene rings is 1. The number of thiol groups is 2. The van der Waals surface area contributed by atoms with E-state index in [-0.39, 0.29) is 5.56 Å². The van der Waals surface area contributed by atoms with Crippen LogP contribution in [0.15, 0.2) is 30.3 Å². The molecule has 0 bridgehead atoms. The molecule has 1 N–H and O–H groups in total. The summed E-state index contributed by atoms with van der Waals surface area (Å²) < 4.78 is 2.46. The van der Waals surface area contributed by atoms with Crippen LogP contribution >= 0.6 is 25.3 Å². The third-order valence-corrected chi connectivity index (χ3v) is 2.09. The van der Waals surface area contributed by atoms with Gasteiger partial charge in [-0.2, -0.15) is 0 Å². The zero-order chi connectivity index (χ0) is 11.5. The average molecular weight is 244 g/mol. The van der Waals surface area contributed by atoms with Gasteiger partial charge in [-0.15, -0.1) is 25.3 Å². The lowest BCUT2D eigenvalue weighted by Gasteiger charge is -2.17. The fraction of sp³-hybridized carbons (Fsp3) is 0.111. The number of rotatable bonds is 3. The lowest BCUT2D eigenvalue weighted by atomic mass is 10.2. The quantitative estimate of drug-likeness (QED) is 0.428. The van der Waals surface area contributed by atoms with Crippen LogP contribution in [0.3, 0.4) is 0 Å². The fourth-order valence-corrected chi connectivity index (χ4v) is 0.972. The van der Waals surface area contributed by atoms with E-state index in [2.05, 4.69) is 30.0 Å². The standard InChI is InChI=1S/C9H8O4S2/c10-7(6-4-2-1-3-5-6)13-9(14,15)8(11)12/h1-5,14-15H,(H,11,12). The fourth-order valence-electron chi connectivity index (χ4n) is 0.806. The Morgan fingerprint density at radius 2 is 1.73 bits per heavy atom. The number of carboxylic acids is 1. The normalized spacial score (nSPS) is 10.8. The molecule has 0 amide bonds. The predicted molar refractivity (Wildman–Crippen MR) is 60.2 cm³/mol. The van der Waals surface area contributed by atoms with Gasteiger partial charge in [0.25, 0.3) is 4.27 Å². The second-order valence-electron chi connectivity index (χ2n) is 2.67. The number of carbonyl (C=O) groups is 2. The lowest BCUT2D eigenvalue weighted by molar-refractivity contribution is -0.144. The first-order chi connectivity index (χ1) is 6.93. The Kier molecular flexibility index (Phi) is 3.65. The highest BCUT2D eigenvalue weighted by Crippen LogP contribution is 2.23. The van der Waals surface area contributed by atoms with E-state index in [1.807, 2.05) is 0 Å². The van der Waals surface area contributed by atoms with Crippen LogP contribution in [-0.4, -0.2) is 21.3 Å². The van der Waals surface area contributed by atoms with Gasteiger partial charge >= 0.3 is 11.9 Å². The van der Waals surface area contributed by atoms with Crippen LogP contribution in [0.25, 0.3) is 0 Å². The van der Waals surface area contributed by atoms with E-state index in [4.69, 9.17) is 5.11 Å². The molecule has 0 saturated heterocycles. The summed E-state index contributed by atoms with van der Waals surface area (Å²) in [6, 6.07) is 8.00. The van der Waals surface area contributed by atoms with Crippen molar-refractivity contribution in [3.05, 3.63) is 35.9 Å². The van der Waals surface area contributed by atoms with Crippen molar-refractivity contribution in [2.75, 3.05) is 0 Å². The Morgan fingerprint density at radius 3 is 2.20 bits per heavy atom. The number of aliphatic carboxylic acids is 1. The van der Waals surface area contributed by atoms with Gasteiger partial charge in [0.15, 0.2) is 0 Å². The third-order valence-electron chi connectivity index (χ3n) is 1.52. The Labute approximate surface area is 97.1 Å². The topological polar surface area (TPSA) is 63.6 Å². The molecule has 6 heteroatoms. The van der Waals surface area contributed by atoms with Crippen LogP contribution < -0.4 is 0 Å². The van der Waals surface area contributed by atoms with Gasteiger partial charge in [0, 0.05) is 0 Å². The molecule has 4 nitrogen and oxygen atoms in total. The highest BCUT2D eigenvalue weighted by atomic mass is 32.2. The molecule has 0 aliphatic carbocycles. The zero-order valence-corrected chi connectivity index (χ0v) is 9.24. The molecule has 0 radical (unpaired) electrons. The first-order valence-electron chi connectivity index (χ1n) is 3.90. The van der Waals surface area contributed by atoms with Gasteiger partial charge in [-0.05, 0) is 12.1 Å². The first kappa shape index (κ1) is 11.9. The second-order valence-corrected chi connectivity index (χ2v) is 4.28. The first-order valence-corrected chi connectivity index (χ1v) is 4.79. The molecule has 15 heavy (non-hydrogen) atoms. The summed E-state index contributed by atoms with van der Waals surface area (Å²) in [5.41, 5.74) is 0.242. The van der Waals surface area contributed by atoms with E-state index in [0.29, 0.717) is 0 Å². The monoisotopic (exact) mass is 244 g/mol. The van der Waals surface area contributed by atoms with Crippen LogP contribution in [0.1, 0.15) is 10.4 Å². The van der Waals surface area contributed by atoms with Crippen molar-refractivity contribution >= 4 is 37.2 Å². The molecule has 0 unspecified atom stereocenters. The molecule has 0 aromatic heterocycles. The summed E-state index contributed by atoms with van der Waals surface area (Å²) >= 11 is 7.19. The Morgan fingerprint density at radius 1 is 1.20 bits per heavy atom. The van der Waals surface area contributed by atoms with E-state index in [9.17, 15) is 9.59 Å². The van der Waals surface area contributed by atoms with Crippen molar-refractivity contribution in [2.24, 2.45) is 0 Å². The van der Waals surface area contributed by atoms with Gasteiger partial charge in [0.05, 0.1) is 5.56 Å². The smallest absolute Gasteiger partial charge is 0.369 e. The van der Waals surface area contributed by atoms with E-state index in [1.165, 1.54) is 12.1 Å². The molecule has 1 aromatic carbocycles. The van der Waals surface area contributed by atoms with Crippen LogP contribution in [0.4, 0.5) is 0 Å². The molecule has 1 aromatic rings. The predicted octanol–water partition coefficient (Wildman–Crippen LogP) is 1.44. The van der Waals surface area contributed by atoms with Gasteiger partial charge in [0.1, 0.15) is 0 Å². The maximum atomic E-state index is 11.4. The zero-order valence-electron chi connectivity index (χ0n) is 7.45. The van der Waals surface area contributed by atoms with Crippen molar-refractivity contribution in [2.45, 2.75) is 4.27 Å². The number of ether oxygens (including phenoxy) is 1. The molecule has 0 heterocycles. The minimum absolute atomic E-state index is 0.242. The van der Waals surface area contributed by atoms with Gasteiger partial charge in [-0.1, -0.05) is 18.2 Å². The number of carboxylic acid groups (broad SMARTS) is 1. The Balaban J connectivity index is 2.77. The maximum absolute atomic E-state index is 11.4. The molecule has 0 aliphatic rings. The minimum atomic E-state index is -2.12. The molecule has 0 fully saturated rings. The van der Waals surface area contributed by atoms with Crippen molar-refractivity contribution in [3.8, 4) is 0 Å². The van der Waals surface area contributed by atoms with E-state index < -0.39 is 16.2 Å². The van der Waals surface area contributed by atoms with Crippen LogP contribution in [0.5, 0.6) is 0 Å². The van der Waals surface area contributed by atoms with Crippen molar-refractivity contribution in [3.63, 3.8) is 0 Å². The van der Waals surface area contributed by atoms with Crippen molar-refractivity contribution in [1.82, 2.24) is 0 Å². The highest BCUT2D eigenvalue weighted by Gasteiger charge is 2.34. The van der Waals surface area contributed by atoms with E-state index >= 15 is 0 Å². The highest BCUT2D eigenvalue weighted by molar-refractivity contribution is 8.01. The van der Waals surface area contributed by atoms with E-state index in [0.717, 1.165) is 0 Å². The number of esters is 1. The third kappa shape index (κ3) is 3.17. The molecule has 1 rings (SSSR count). The molecule has 80 valence electrons.